The third kappa shape index (κ3) is 3.34. The van der Waals surface area contributed by atoms with Gasteiger partial charge in [-0.3, -0.25) is 0 Å². The second kappa shape index (κ2) is 5.43. The molecule has 0 aliphatic carbocycles. The summed E-state index contributed by atoms with van der Waals surface area (Å²) in [6, 6.07) is 10.4. The van der Waals surface area contributed by atoms with Crippen LogP contribution >= 0.6 is 0 Å². The predicted molar refractivity (Wildman–Crippen MR) is 74.5 cm³/mol. The lowest BCUT2D eigenvalue weighted by Gasteiger charge is -2.23. The Morgan fingerprint density at radius 2 is 1.37 bits per heavy atom. The van der Waals surface area contributed by atoms with E-state index in [1.165, 1.54) is 0 Å². The van der Waals surface area contributed by atoms with E-state index in [-0.39, 0.29) is 6.61 Å². The third-order valence-corrected chi connectivity index (χ3v) is 3.40. The Morgan fingerprint density at radius 1 is 0.947 bits per heavy atom. The molecule has 0 aromatic heterocycles. The normalized spacial score (nSPS) is 11.7. The molecule has 1 rings (SSSR count). The van der Waals surface area contributed by atoms with Crippen molar-refractivity contribution in [2.45, 2.75) is 44.9 Å². The summed E-state index contributed by atoms with van der Waals surface area (Å²) in [5.74, 6) is 0. The highest BCUT2D eigenvalue weighted by Gasteiger charge is 2.25. The molecule has 0 saturated heterocycles. The average Bonchev–Trinajstić information content (AvgIpc) is 2.38. The van der Waals surface area contributed by atoms with E-state index in [1.807, 2.05) is 45.9 Å². The van der Waals surface area contributed by atoms with E-state index in [9.17, 15) is 10.5 Å². The van der Waals surface area contributed by atoms with Gasteiger partial charge in [0.25, 0.3) is 0 Å². The van der Waals surface area contributed by atoms with Gasteiger partial charge in [-0.05, 0) is 50.8 Å². The van der Waals surface area contributed by atoms with Crippen LogP contribution in [0.2, 0.25) is 0 Å². The Balaban J connectivity index is 3.44. The van der Waals surface area contributed by atoms with Crippen LogP contribution in [-0.2, 0) is 17.3 Å². The fourth-order valence-corrected chi connectivity index (χ4v) is 1.82. The maximum Gasteiger partial charge on any atom is 0.0766 e. The Bertz CT molecular complexity index is 501. The van der Waals surface area contributed by atoms with E-state index in [2.05, 4.69) is 12.1 Å². The van der Waals surface area contributed by atoms with Crippen molar-refractivity contribution in [3.8, 4) is 12.1 Å². The van der Waals surface area contributed by atoms with E-state index in [0.29, 0.717) is 6.42 Å². The van der Waals surface area contributed by atoms with Crippen molar-refractivity contribution < 1.29 is 5.11 Å². The van der Waals surface area contributed by atoms with Gasteiger partial charge in [0.1, 0.15) is 0 Å². The minimum atomic E-state index is -0.605. The number of benzene rings is 1. The maximum atomic E-state index is 9.25. The van der Waals surface area contributed by atoms with Gasteiger partial charge in [0.05, 0.1) is 23.0 Å². The number of aliphatic hydroxyl groups excluding tert-OH is 1. The van der Waals surface area contributed by atoms with Gasteiger partial charge in [0.15, 0.2) is 0 Å². The quantitative estimate of drug-likeness (QED) is 0.900. The molecule has 0 amide bonds. The maximum absolute atomic E-state index is 9.25. The first-order valence-electron chi connectivity index (χ1n) is 6.35. The molecule has 0 saturated carbocycles. The van der Waals surface area contributed by atoms with E-state index in [1.54, 1.807) is 0 Å². The first-order valence-corrected chi connectivity index (χ1v) is 6.35. The van der Waals surface area contributed by atoms with Crippen molar-refractivity contribution in [3.05, 3.63) is 34.9 Å². The van der Waals surface area contributed by atoms with E-state index in [0.717, 1.165) is 16.7 Å². The highest BCUT2D eigenvalue weighted by atomic mass is 16.2. The van der Waals surface area contributed by atoms with Gasteiger partial charge in [-0.2, -0.15) is 10.5 Å². The standard InChI is InChI=1S/C16H20N2O/c1-15(2,10-17)13-7-12(5-6-19)8-14(9-13)16(3,4)11-18/h7-9,19H,5-6H2,1-4H3. The van der Waals surface area contributed by atoms with Crippen molar-refractivity contribution in [1.29, 1.82) is 10.5 Å². The first kappa shape index (κ1) is 15.2. The lowest BCUT2D eigenvalue weighted by atomic mass is 9.79. The summed E-state index contributed by atoms with van der Waals surface area (Å²) < 4.78 is 0. The Hall–Kier alpha value is -1.84. The summed E-state index contributed by atoms with van der Waals surface area (Å²) in [4.78, 5) is 0. The SMILES string of the molecule is CC(C)(C#N)c1cc(CCO)cc(C(C)(C)C#N)c1. The Labute approximate surface area is 115 Å². The molecule has 3 heteroatoms. The molecular formula is C16H20N2O. The summed E-state index contributed by atoms with van der Waals surface area (Å²) in [6.45, 7) is 7.48. The Morgan fingerprint density at radius 3 is 1.68 bits per heavy atom. The molecule has 1 N–H and O–H groups in total. The molecule has 100 valence electrons. The molecule has 0 unspecified atom stereocenters. The smallest absolute Gasteiger partial charge is 0.0766 e. The number of rotatable bonds is 4. The summed E-state index contributed by atoms with van der Waals surface area (Å²) in [6.07, 6.45) is 0.532. The molecule has 1 aromatic carbocycles. The summed E-state index contributed by atoms with van der Waals surface area (Å²) >= 11 is 0. The van der Waals surface area contributed by atoms with Gasteiger partial charge < -0.3 is 5.11 Å². The molecule has 1 aromatic rings. The minimum absolute atomic E-state index is 0.0584. The molecule has 0 aliphatic heterocycles. The van der Waals surface area contributed by atoms with E-state index in [4.69, 9.17) is 5.11 Å². The van der Waals surface area contributed by atoms with Crippen molar-refractivity contribution in [2.75, 3.05) is 6.61 Å². The number of hydrogen-bond donors (Lipinski definition) is 1. The molecule has 0 atom stereocenters. The number of nitrogens with zero attached hydrogens (tertiary/aromatic N) is 2. The number of hydrogen-bond acceptors (Lipinski definition) is 3. The van der Waals surface area contributed by atoms with Crippen molar-refractivity contribution in [3.63, 3.8) is 0 Å². The Kier molecular flexibility index (Phi) is 4.35. The average molecular weight is 256 g/mol. The molecule has 0 heterocycles. The highest BCUT2D eigenvalue weighted by molar-refractivity contribution is 5.42. The zero-order chi connectivity index (χ0) is 14.7. The van der Waals surface area contributed by atoms with Crippen LogP contribution in [0.1, 0.15) is 44.4 Å². The van der Waals surface area contributed by atoms with Gasteiger partial charge in [0, 0.05) is 6.61 Å². The van der Waals surface area contributed by atoms with Gasteiger partial charge in [-0.1, -0.05) is 18.2 Å². The monoisotopic (exact) mass is 256 g/mol. The number of nitriles is 2. The van der Waals surface area contributed by atoms with Crippen molar-refractivity contribution >= 4 is 0 Å². The van der Waals surface area contributed by atoms with Crippen LogP contribution in [0.4, 0.5) is 0 Å². The van der Waals surface area contributed by atoms with Crippen LogP contribution in [0.25, 0.3) is 0 Å². The van der Waals surface area contributed by atoms with Gasteiger partial charge in [0.2, 0.25) is 0 Å². The fourth-order valence-electron chi connectivity index (χ4n) is 1.82. The topological polar surface area (TPSA) is 67.8 Å². The molecule has 0 aliphatic rings. The second-order valence-electron chi connectivity index (χ2n) is 5.87. The predicted octanol–water partition coefficient (Wildman–Crippen LogP) is 2.82. The van der Waals surface area contributed by atoms with Crippen LogP contribution in [0.15, 0.2) is 18.2 Å². The summed E-state index contributed by atoms with van der Waals surface area (Å²) in [7, 11) is 0. The molecule has 0 bridgehead atoms. The van der Waals surface area contributed by atoms with Crippen LogP contribution in [0, 0.1) is 22.7 Å². The summed E-state index contributed by atoms with van der Waals surface area (Å²) in [5.41, 5.74) is 1.53. The molecule has 0 spiro atoms. The largest absolute Gasteiger partial charge is 0.396 e. The fraction of sp³-hybridized carbons (Fsp3) is 0.500. The van der Waals surface area contributed by atoms with Gasteiger partial charge in [-0.15, -0.1) is 0 Å². The molecule has 3 nitrogen and oxygen atoms in total. The summed E-state index contributed by atoms with van der Waals surface area (Å²) in [5, 5.41) is 27.6. The second-order valence-corrected chi connectivity index (χ2v) is 5.87. The third-order valence-electron chi connectivity index (χ3n) is 3.40. The van der Waals surface area contributed by atoms with E-state index >= 15 is 0 Å². The highest BCUT2D eigenvalue weighted by Crippen LogP contribution is 2.30. The van der Waals surface area contributed by atoms with Crippen molar-refractivity contribution in [1.82, 2.24) is 0 Å². The minimum Gasteiger partial charge on any atom is -0.396 e. The first-order chi connectivity index (χ1) is 8.76. The zero-order valence-corrected chi connectivity index (χ0v) is 12.0. The molecular weight excluding hydrogens is 236 g/mol. The van der Waals surface area contributed by atoms with Gasteiger partial charge >= 0.3 is 0 Å². The van der Waals surface area contributed by atoms with Crippen LogP contribution in [0.3, 0.4) is 0 Å². The molecule has 0 radical (unpaired) electrons. The van der Waals surface area contributed by atoms with Crippen LogP contribution < -0.4 is 0 Å². The zero-order valence-electron chi connectivity index (χ0n) is 12.0. The molecule has 19 heavy (non-hydrogen) atoms. The lowest BCUT2D eigenvalue weighted by molar-refractivity contribution is 0.299. The van der Waals surface area contributed by atoms with Crippen LogP contribution in [-0.4, -0.2) is 11.7 Å². The van der Waals surface area contributed by atoms with Crippen LogP contribution in [0.5, 0.6) is 0 Å². The lowest BCUT2D eigenvalue weighted by Crippen LogP contribution is -2.19. The van der Waals surface area contributed by atoms with E-state index < -0.39 is 10.8 Å². The molecule has 0 fully saturated rings. The van der Waals surface area contributed by atoms with Crippen molar-refractivity contribution in [2.24, 2.45) is 0 Å². The van der Waals surface area contributed by atoms with Gasteiger partial charge in [-0.25, -0.2) is 0 Å². The number of aliphatic hydroxyl groups is 1.